The third kappa shape index (κ3) is 4.35. The number of hydrogen-bond acceptors (Lipinski definition) is 3. The molecule has 2 aromatic carbocycles. The summed E-state index contributed by atoms with van der Waals surface area (Å²) in [6.45, 7) is 1.62. The first-order chi connectivity index (χ1) is 13.1. The van der Waals surface area contributed by atoms with E-state index < -0.39 is 0 Å². The first-order valence-electron chi connectivity index (χ1n) is 9.22. The number of rotatable bonds is 5. The molecule has 0 atom stereocenters. The Morgan fingerprint density at radius 1 is 1.11 bits per heavy atom. The van der Waals surface area contributed by atoms with E-state index in [9.17, 15) is 9.18 Å². The molecule has 1 fully saturated rings. The van der Waals surface area contributed by atoms with Crippen molar-refractivity contribution < 1.29 is 18.7 Å². The van der Waals surface area contributed by atoms with Gasteiger partial charge in [0.2, 0.25) is 5.91 Å². The molecule has 0 spiro atoms. The van der Waals surface area contributed by atoms with Gasteiger partial charge in [0.05, 0.1) is 24.7 Å². The van der Waals surface area contributed by atoms with Crippen molar-refractivity contribution in [3.63, 3.8) is 0 Å². The average Bonchev–Trinajstić information content (AvgIpc) is 3.48. The van der Waals surface area contributed by atoms with Gasteiger partial charge in [0.15, 0.2) is 11.5 Å². The predicted octanol–water partition coefficient (Wildman–Crippen LogP) is 4.37. The summed E-state index contributed by atoms with van der Waals surface area (Å²) in [5.41, 5.74) is 1.73. The molecule has 0 bridgehead atoms. The van der Waals surface area contributed by atoms with Crippen molar-refractivity contribution in [2.24, 2.45) is 0 Å². The number of benzene rings is 2. The highest BCUT2D eigenvalue weighted by molar-refractivity contribution is 6.32. The van der Waals surface area contributed by atoms with E-state index in [1.54, 1.807) is 18.2 Å². The fourth-order valence-electron chi connectivity index (χ4n) is 3.26. The van der Waals surface area contributed by atoms with E-state index in [2.05, 4.69) is 0 Å². The van der Waals surface area contributed by atoms with Gasteiger partial charge in [-0.15, -0.1) is 0 Å². The Bertz CT molecular complexity index is 836. The highest BCUT2D eigenvalue weighted by Gasteiger charge is 2.32. The van der Waals surface area contributed by atoms with E-state index in [0.29, 0.717) is 36.3 Å². The van der Waals surface area contributed by atoms with Crippen LogP contribution in [0.15, 0.2) is 36.4 Å². The highest BCUT2D eigenvalue weighted by Crippen LogP contribution is 2.38. The number of hydrogen-bond donors (Lipinski definition) is 0. The summed E-state index contributed by atoms with van der Waals surface area (Å²) in [5.74, 6) is 0.910. The number of carbonyl (C=O) groups excluding carboxylic acids is 1. The van der Waals surface area contributed by atoms with Crippen LogP contribution >= 0.6 is 11.6 Å². The Morgan fingerprint density at radius 2 is 1.85 bits per heavy atom. The molecule has 1 amide bonds. The summed E-state index contributed by atoms with van der Waals surface area (Å²) < 4.78 is 24.5. The average molecular weight is 390 g/mol. The summed E-state index contributed by atoms with van der Waals surface area (Å²) >= 11 is 6.34. The van der Waals surface area contributed by atoms with Gasteiger partial charge in [0.25, 0.3) is 0 Å². The molecule has 1 aliphatic heterocycles. The second kappa shape index (κ2) is 7.77. The summed E-state index contributed by atoms with van der Waals surface area (Å²) in [6, 6.07) is 10.2. The van der Waals surface area contributed by atoms with Crippen LogP contribution in [-0.2, 0) is 17.8 Å². The van der Waals surface area contributed by atoms with Gasteiger partial charge in [-0.25, -0.2) is 4.39 Å². The molecular formula is C21H21ClFNO3. The minimum atomic E-state index is -0.273. The number of halogens is 2. The molecule has 0 aromatic heterocycles. The van der Waals surface area contributed by atoms with Gasteiger partial charge in [-0.3, -0.25) is 4.79 Å². The van der Waals surface area contributed by atoms with E-state index in [-0.39, 0.29) is 24.2 Å². The standard InChI is InChI=1S/C21H21ClFNO3/c22-18-10-15(11-19-21(18)27-9-1-8-26-19)12-20(25)24(17-6-7-17)13-14-2-4-16(23)5-3-14/h2-5,10-11,17H,1,6-9,12-13H2. The van der Waals surface area contributed by atoms with Crippen LogP contribution in [0.2, 0.25) is 5.02 Å². The Labute approximate surface area is 162 Å². The van der Waals surface area contributed by atoms with Crippen LogP contribution in [0.4, 0.5) is 4.39 Å². The molecule has 6 heteroatoms. The van der Waals surface area contributed by atoms with Crippen LogP contribution in [0.5, 0.6) is 11.5 Å². The molecule has 2 aromatic rings. The minimum absolute atomic E-state index is 0.0346. The number of ether oxygens (including phenoxy) is 2. The molecular weight excluding hydrogens is 369 g/mol. The fourth-order valence-corrected chi connectivity index (χ4v) is 3.54. The second-order valence-corrected chi connectivity index (χ2v) is 7.42. The molecule has 4 rings (SSSR count). The Morgan fingerprint density at radius 3 is 2.59 bits per heavy atom. The van der Waals surface area contributed by atoms with Gasteiger partial charge in [0, 0.05) is 19.0 Å². The SMILES string of the molecule is O=C(Cc1cc(Cl)c2c(c1)OCCCO2)N(Cc1ccc(F)cc1)C1CC1. The molecule has 142 valence electrons. The highest BCUT2D eigenvalue weighted by atomic mass is 35.5. The molecule has 1 heterocycles. The molecule has 2 aliphatic rings. The number of nitrogens with zero attached hydrogens (tertiary/aromatic N) is 1. The van der Waals surface area contributed by atoms with Gasteiger partial charge in [-0.05, 0) is 48.2 Å². The first kappa shape index (κ1) is 18.1. The lowest BCUT2D eigenvalue weighted by Crippen LogP contribution is -2.33. The Hall–Kier alpha value is -2.27. The van der Waals surface area contributed by atoms with Crippen molar-refractivity contribution in [2.45, 2.75) is 38.3 Å². The predicted molar refractivity (Wildman–Crippen MR) is 101 cm³/mol. The quantitative estimate of drug-likeness (QED) is 0.762. The van der Waals surface area contributed by atoms with Crippen LogP contribution in [0.1, 0.15) is 30.4 Å². The minimum Gasteiger partial charge on any atom is -0.489 e. The van der Waals surface area contributed by atoms with E-state index in [1.165, 1.54) is 12.1 Å². The van der Waals surface area contributed by atoms with E-state index >= 15 is 0 Å². The van der Waals surface area contributed by atoms with E-state index in [0.717, 1.165) is 30.4 Å². The fraction of sp³-hybridized carbons (Fsp3) is 0.381. The van der Waals surface area contributed by atoms with Crippen LogP contribution in [-0.4, -0.2) is 30.1 Å². The van der Waals surface area contributed by atoms with Crippen LogP contribution in [0.3, 0.4) is 0 Å². The van der Waals surface area contributed by atoms with Gasteiger partial charge >= 0.3 is 0 Å². The maximum atomic E-state index is 13.1. The maximum Gasteiger partial charge on any atom is 0.227 e. The monoisotopic (exact) mass is 389 g/mol. The molecule has 0 unspecified atom stereocenters. The normalized spacial score (nSPS) is 15.9. The van der Waals surface area contributed by atoms with Gasteiger partial charge in [-0.1, -0.05) is 23.7 Å². The molecule has 27 heavy (non-hydrogen) atoms. The molecule has 1 saturated carbocycles. The van der Waals surface area contributed by atoms with Crippen molar-refractivity contribution in [3.8, 4) is 11.5 Å². The van der Waals surface area contributed by atoms with Crippen LogP contribution < -0.4 is 9.47 Å². The zero-order chi connectivity index (χ0) is 18.8. The second-order valence-electron chi connectivity index (χ2n) is 7.01. The summed E-state index contributed by atoms with van der Waals surface area (Å²) in [7, 11) is 0. The zero-order valence-corrected chi connectivity index (χ0v) is 15.7. The summed E-state index contributed by atoms with van der Waals surface area (Å²) in [6.07, 6.45) is 3.06. The third-order valence-electron chi connectivity index (χ3n) is 4.79. The lowest BCUT2D eigenvalue weighted by molar-refractivity contribution is -0.131. The molecule has 4 nitrogen and oxygen atoms in total. The number of fused-ring (bicyclic) bond motifs is 1. The van der Waals surface area contributed by atoms with Crippen LogP contribution in [0.25, 0.3) is 0 Å². The largest absolute Gasteiger partial charge is 0.489 e. The van der Waals surface area contributed by atoms with Crippen molar-refractivity contribution in [3.05, 3.63) is 58.4 Å². The topological polar surface area (TPSA) is 38.8 Å². The summed E-state index contributed by atoms with van der Waals surface area (Å²) in [4.78, 5) is 14.8. The van der Waals surface area contributed by atoms with Crippen molar-refractivity contribution in [1.82, 2.24) is 4.90 Å². The van der Waals surface area contributed by atoms with Crippen molar-refractivity contribution in [1.29, 1.82) is 0 Å². The van der Waals surface area contributed by atoms with E-state index in [1.807, 2.05) is 11.0 Å². The smallest absolute Gasteiger partial charge is 0.227 e. The van der Waals surface area contributed by atoms with E-state index in [4.69, 9.17) is 21.1 Å². The Balaban J connectivity index is 1.50. The lowest BCUT2D eigenvalue weighted by Gasteiger charge is -2.23. The molecule has 1 aliphatic carbocycles. The molecule has 0 saturated heterocycles. The third-order valence-corrected chi connectivity index (χ3v) is 5.07. The molecule has 0 radical (unpaired) electrons. The van der Waals surface area contributed by atoms with Crippen molar-refractivity contribution >= 4 is 17.5 Å². The van der Waals surface area contributed by atoms with Crippen LogP contribution in [0, 0.1) is 5.82 Å². The maximum absolute atomic E-state index is 13.1. The van der Waals surface area contributed by atoms with Gasteiger partial charge in [-0.2, -0.15) is 0 Å². The summed E-state index contributed by atoms with van der Waals surface area (Å²) in [5, 5.41) is 0.466. The first-order valence-corrected chi connectivity index (χ1v) is 9.60. The van der Waals surface area contributed by atoms with Gasteiger partial charge in [0.1, 0.15) is 5.82 Å². The van der Waals surface area contributed by atoms with Crippen molar-refractivity contribution in [2.75, 3.05) is 13.2 Å². The lowest BCUT2D eigenvalue weighted by atomic mass is 10.1. The molecule has 0 N–H and O–H groups in total. The number of carbonyl (C=O) groups is 1. The number of amides is 1. The Kier molecular flexibility index (Phi) is 5.21. The zero-order valence-electron chi connectivity index (χ0n) is 14.9. The van der Waals surface area contributed by atoms with Gasteiger partial charge < -0.3 is 14.4 Å².